The molecule has 0 bridgehead atoms. The van der Waals surface area contributed by atoms with Crippen molar-refractivity contribution < 1.29 is 9.59 Å². The molecule has 2 amide bonds. The molecule has 1 aromatic rings. The van der Waals surface area contributed by atoms with Gasteiger partial charge in [-0.2, -0.15) is 0 Å². The predicted octanol–water partition coefficient (Wildman–Crippen LogP) is 1.02. The number of imide groups is 1. The number of hydrogen-bond donors (Lipinski definition) is 0. The number of carbonyl (C=O) groups is 2. The van der Waals surface area contributed by atoms with E-state index in [4.69, 9.17) is 0 Å². The van der Waals surface area contributed by atoms with Crippen LogP contribution in [0.25, 0.3) is 0 Å². The summed E-state index contributed by atoms with van der Waals surface area (Å²) in [7, 11) is 0. The summed E-state index contributed by atoms with van der Waals surface area (Å²) < 4.78 is 0. The average Bonchev–Trinajstić information content (AvgIpc) is 2.43. The van der Waals surface area contributed by atoms with Gasteiger partial charge in [-0.25, -0.2) is 0 Å². The summed E-state index contributed by atoms with van der Waals surface area (Å²) in [5.74, 6) is 0.0434. The van der Waals surface area contributed by atoms with E-state index in [0.29, 0.717) is 13.0 Å². The Morgan fingerprint density at radius 1 is 1.18 bits per heavy atom. The number of nitrogens with zero attached hydrogens (tertiary/aromatic N) is 2. The topological polar surface area (TPSA) is 50.3 Å². The van der Waals surface area contributed by atoms with Crippen LogP contribution in [0.15, 0.2) is 24.4 Å². The van der Waals surface area contributed by atoms with E-state index in [1.165, 1.54) is 4.90 Å². The molecule has 0 spiro atoms. The Morgan fingerprint density at radius 2 is 1.88 bits per heavy atom. The van der Waals surface area contributed by atoms with Gasteiger partial charge in [-0.05, 0) is 25.0 Å². The number of likely N-dealkylation sites (tertiary alicyclic amines) is 1. The first-order chi connectivity index (χ1) is 8.27. The van der Waals surface area contributed by atoms with Crippen molar-refractivity contribution in [2.75, 3.05) is 6.54 Å². The van der Waals surface area contributed by atoms with Gasteiger partial charge in [0.25, 0.3) is 0 Å². The molecular formula is C13H14N2O2. The molecule has 0 N–H and O–H groups in total. The third kappa shape index (κ3) is 1.64. The second-order valence-corrected chi connectivity index (χ2v) is 4.69. The Balaban J connectivity index is 1.66. The first-order valence-corrected chi connectivity index (χ1v) is 6.02. The fraction of sp³-hybridized carbons (Fsp3) is 0.462. The van der Waals surface area contributed by atoms with Crippen LogP contribution in [-0.2, 0) is 16.0 Å². The fourth-order valence-electron chi connectivity index (χ4n) is 2.59. The molecule has 2 heterocycles. The molecule has 4 nitrogen and oxygen atoms in total. The maximum atomic E-state index is 11.9. The molecule has 1 saturated carbocycles. The molecule has 1 aromatic heterocycles. The van der Waals surface area contributed by atoms with Crippen LogP contribution >= 0.6 is 0 Å². The number of pyridine rings is 1. The van der Waals surface area contributed by atoms with Gasteiger partial charge in [0, 0.05) is 24.9 Å². The van der Waals surface area contributed by atoms with E-state index in [9.17, 15) is 9.59 Å². The molecule has 2 aliphatic rings. The fourth-order valence-corrected chi connectivity index (χ4v) is 2.59. The van der Waals surface area contributed by atoms with Gasteiger partial charge in [0.2, 0.25) is 11.8 Å². The van der Waals surface area contributed by atoms with Gasteiger partial charge in [0.05, 0.1) is 11.8 Å². The molecular weight excluding hydrogens is 216 g/mol. The summed E-state index contributed by atoms with van der Waals surface area (Å²) in [5, 5.41) is 0. The van der Waals surface area contributed by atoms with Crippen molar-refractivity contribution in [2.24, 2.45) is 11.8 Å². The highest BCUT2D eigenvalue weighted by molar-refractivity contribution is 6.06. The molecule has 1 saturated heterocycles. The van der Waals surface area contributed by atoms with Gasteiger partial charge in [-0.3, -0.25) is 19.5 Å². The van der Waals surface area contributed by atoms with E-state index in [0.717, 1.165) is 18.5 Å². The van der Waals surface area contributed by atoms with Crippen molar-refractivity contribution in [1.29, 1.82) is 0 Å². The minimum atomic E-state index is -0.00812. The van der Waals surface area contributed by atoms with Gasteiger partial charge in [0.15, 0.2) is 0 Å². The van der Waals surface area contributed by atoms with Crippen LogP contribution in [0.5, 0.6) is 0 Å². The lowest BCUT2D eigenvalue weighted by molar-refractivity contribution is -0.139. The summed E-state index contributed by atoms with van der Waals surface area (Å²) in [6.07, 6.45) is 4.15. The van der Waals surface area contributed by atoms with Crippen LogP contribution in [0, 0.1) is 11.8 Å². The summed E-state index contributed by atoms with van der Waals surface area (Å²) in [4.78, 5) is 29.4. The van der Waals surface area contributed by atoms with Crippen LogP contribution in [0.1, 0.15) is 18.5 Å². The third-order valence-electron chi connectivity index (χ3n) is 3.76. The molecule has 88 valence electrons. The first kappa shape index (κ1) is 10.4. The normalized spacial score (nSPS) is 26.9. The summed E-state index contributed by atoms with van der Waals surface area (Å²) in [6, 6.07) is 5.69. The smallest absolute Gasteiger partial charge is 0.233 e. The van der Waals surface area contributed by atoms with Gasteiger partial charge in [-0.15, -0.1) is 0 Å². The van der Waals surface area contributed by atoms with Crippen LogP contribution in [0.4, 0.5) is 0 Å². The third-order valence-corrected chi connectivity index (χ3v) is 3.76. The highest BCUT2D eigenvalue weighted by Crippen LogP contribution is 2.42. The molecule has 2 atom stereocenters. The zero-order valence-electron chi connectivity index (χ0n) is 9.50. The minimum absolute atomic E-state index is 0.00812. The SMILES string of the molecule is O=C1C2CCC2C(=O)N1CCc1ccccn1. The van der Waals surface area contributed by atoms with E-state index in [1.54, 1.807) is 6.20 Å². The lowest BCUT2D eigenvalue weighted by atomic mass is 9.76. The number of rotatable bonds is 3. The maximum absolute atomic E-state index is 11.9. The quantitative estimate of drug-likeness (QED) is 0.728. The van der Waals surface area contributed by atoms with Crippen LogP contribution < -0.4 is 0 Å². The second kappa shape index (κ2) is 3.95. The zero-order chi connectivity index (χ0) is 11.8. The van der Waals surface area contributed by atoms with E-state index in [-0.39, 0.29) is 23.7 Å². The predicted molar refractivity (Wildman–Crippen MR) is 60.9 cm³/mol. The van der Waals surface area contributed by atoms with Crippen LogP contribution in [0.3, 0.4) is 0 Å². The molecule has 2 fully saturated rings. The number of amides is 2. The van der Waals surface area contributed by atoms with Crippen LogP contribution in [0.2, 0.25) is 0 Å². The first-order valence-electron chi connectivity index (χ1n) is 6.02. The number of aromatic nitrogens is 1. The van der Waals surface area contributed by atoms with E-state index in [2.05, 4.69) is 4.98 Å². The standard InChI is InChI=1S/C13H14N2O2/c16-12-10-4-5-11(10)13(17)15(12)8-6-9-3-1-2-7-14-9/h1-3,7,10-11H,4-6,8H2. The van der Waals surface area contributed by atoms with Crippen molar-refractivity contribution >= 4 is 11.8 Å². The largest absolute Gasteiger partial charge is 0.282 e. The Morgan fingerprint density at radius 3 is 2.41 bits per heavy atom. The summed E-state index contributed by atoms with van der Waals surface area (Å²) in [6.45, 7) is 0.474. The van der Waals surface area contributed by atoms with Crippen molar-refractivity contribution in [1.82, 2.24) is 9.88 Å². The number of carbonyl (C=O) groups excluding carboxylic acids is 2. The molecule has 1 aliphatic heterocycles. The molecule has 2 unspecified atom stereocenters. The van der Waals surface area contributed by atoms with E-state index in [1.807, 2.05) is 18.2 Å². The number of hydrogen-bond acceptors (Lipinski definition) is 3. The number of fused-ring (bicyclic) bond motifs is 1. The van der Waals surface area contributed by atoms with Gasteiger partial charge < -0.3 is 0 Å². The monoisotopic (exact) mass is 230 g/mol. The second-order valence-electron chi connectivity index (χ2n) is 4.69. The molecule has 0 aromatic carbocycles. The molecule has 3 rings (SSSR count). The molecule has 4 heteroatoms. The molecule has 1 aliphatic carbocycles. The average molecular weight is 230 g/mol. The Kier molecular flexibility index (Phi) is 2.42. The van der Waals surface area contributed by atoms with Gasteiger partial charge in [-0.1, -0.05) is 6.07 Å². The Labute approximate surface area is 99.6 Å². The lowest BCUT2D eigenvalue weighted by Gasteiger charge is -2.24. The van der Waals surface area contributed by atoms with Crippen molar-refractivity contribution in [2.45, 2.75) is 19.3 Å². The highest BCUT2D eigenvalue weighted by Gasteiger charge is 2.52. The lowest BCUT2D eigenvalue weighted by Crippen LogP contribution is -2.32. The zero-order valence-corrected chi connectivity index (χ0v) is 9.50. The van der Waals surface area contributed by atoms with E-state index < -0.39 is 0 Å². The molecule has 0 radical (unpaired) electrons. The van der Waals surface area contributed by atoms with Crippen molar-refractivity contribution in [3.63, 3.8) is 0 Å². The van der Waals surface area contributed by atoms with Gasteiger partial charge >= 0.3 is 0 Å². The minimum Gasteiger partial charge on any atom is -0.282 e. The summed E-state index contributed by atoms with van der Waals surface area (Å²) >= 11 is 0. The van der Waals surface area contributed by atoms with Crippen molar-refractivity contribution in [3.8, 4) is 0 Å². The molecule has 17 heavy (non-hydrogen) atoms. The van der Waals surface area contributed by atoms with Crippen LogP contribution in [-0.4, -0.2) is 28.2 Å². The van der Waals surface area contributed by atoms with E-state index >= 15 is 0 Å². The Hall–Kier alpha value is -1.71. The highest BCUT2D eigenvalue weighted by atomic mass is 16.2. The summed E-state index contributed by atoms with van der Waals surface area (Å²) in [5.41, 5.74) is 0.923. The maximum Gasteiger partial charge on any atom is 0.233 e. The van der Waals surface area contributed by atoms with Gasteiger partial charge in [0.1, 0.15) is 0 Å². The Bertz CT molecular complexity index is 436. The van der Waals surface area contributed by atoms with Crippen molar-refractivity contribution in [3.05, 3.63) is 30.1 Å².